The zero-order valence-corrected chi connectivity index (χ0v) is 18.8. The summed E-state index contributed by atoms with van der Waals surface area (Å²) in [4.78, 5) is 27.9. The lowest BCUT2D eigenvalue weighted by Crippen LogP contribution is -2.07. The van der Waals surface area contributed by atoms with E-state index in [0.29, 0.717) is 40.6 Å². The Morgan fingerprint density at radius 1 is 1.12 bits per heavy atom. The minimum atomic E-state index is -0.310. The summed E-state index contributed by atoms with van der Waals surface area (Å²) in [5.41, 5.74) is 3.06. The Morgan fingerprint density at radius 2 is 1.91 bits per heavy atom. The molecule has 164 valence electrons. The third-order valence-electron chi connectivity index (χ3n) is 4.49. The second kappa shape index (κ2) is 9.84. The minimum Gasteiger partial charge on any atom is -0.489 e. The predicted molar refractivity (Wildman–Crippen MR) is 127 cm³/mol. The number of amides is 2. The topological polar surface area (TPSA) is 89.6 Å². The average molecular weight is 470 g/mol. The van der Waals surface area contributed by atoms with Crippen molar-refractivity contribution in [2.45, 2.75) is 13.3 Å². The quantitative estimate of drug-likeness (QED) is 0.499. The standard InChI is InChI=1S/C23H20ClN3O4S/c1-14(28)25-17-6-4-16(5-7-17)19-13-32-23(26-19)27-21(29)8-3-15-11-18(24)22-20(12-15)30-9-2-10-31-22/h3-8,11-13H,2,9-10H2,1H3,(H,25,28)(H,26,27,29)/b8-3+. The summed E-state index contributed by atoms with van der Waals surface area (Å²) in [5, 5.41) is 8.27. The van der Waals surface area contributed by atoms with Gasteiger partial charge >= 0.3 is 0 Å². The Kier molecular flexibility index (Phi) is 6.72. The normalized spacial score (nSPS) is 12.9. The van der Waals surface area contributed by atoms with Crippen LogP contribution < -0.4 is 20.1 Å². The van der Waals surface area contributed by atoms with Gasteiger partial charge in [0.1, 0.15) is 0 Å². The van der Waals surface area contributed by atoms with Crippen molar-refractivity contribution >= 4 is 51.6 Å². The van der Waals surface area contributed by atoms with Crippen molar-refractivity contribution in [2.75, 3.05) is 23.8 Å². The number of benzene rings is 2. The number of halogens is 1. The lowest BCUT2D eigenvalue weighted by molar-refractivity contribution is -0.114. The van der Waals surface area contributed by atoms with Crippen LogP contribution in [0.4, 0.5) is 10.8 Å². The lowest BCUT2D eigenvalue weighted by atomic mass is 10.1. The fourth-order valence-corrected chi connectivity index (χ4v) is 4.05. The number of thiazole rings is 1. The van der Waals surface area contributed by atoms with Gasteiger partial charge in [-0.2, -0.15) is 0 Å². The highest BCUT2D eigenvalue weighted by Gasteiger charge is 2.15. The van der Waals surface area contributed by atoms with E-state index in [2.05, 4.69) is 15.6 Å². The van der Waals surface area contributed by atoms with Gasteiger partial charge in [-0.05, 0) is 35.9 Å². The van der Waals surface area contributed by atoms with Gasteiger partial charge in [0.25, 0.3) is 0 Å². The molecule has 7 nitrogen and oxygen atoms in total. The highest BCUT2D eigenvalue weighted by molar-refractivity contribution is 7.14. The Labute approximate surface area is 194 Å². The summed E-state index contributed by atoms with van der Waals surface area (Å²) in [7, 11) is 0. The maximum atomic E-state index is 12.3. The SMILES string of the molecule is CC(=O)Nc1ccc(-c2csc(NC(=O)/C=C/c3cc(Cl)c4c(c3)OCCCO4)n2)cc1. The van der Waals surface area contributed by atoms with E-state index in [1.165, 1.54) is 24.3 Å². The molecule has 2 heterocycles. The molecule has 0 aliphatic carbocycles. The van der Waals surface area contributed by atoms with Crippen LogP contribution in [-0.2, 0) is 9.59 Å². The molecule has 1 aliphatic rings. The Balaban J connectivity index is 1.40. The monoisotopic (exact) mass is 469 g/mol. The molecule has 0 atom stereocenters. The molecule has 32 heavy (non-hydrogen) atoms. The number of rotatable bonds is 5. The summed E-state index contributed by atoms with van der Waals surface area (Å²) >= 11 is 7.62. The molecule has 0 radical (unpaired) electrons. The first kappa shape index (κ1) is 21.9. The summed E-state index contributed by atoms with van der Waals surface area (Å²) in [6.07, 6.45) is 3.86. The van der Waals surface area contributed by atoms with Crippen molar-refractivity contribution in [3.63, 3.8) is 0 Å². The van der Waals surface area contributed by atoms with Crippen LogP contribution in [-0.4, -0.2) is 30.0 Å². The summed E-state index contributed by atoms with van der Waals surface area (Å²) < 4.78 is 11.3. The zero-order valence-electron chi connectivity index (χ0n) is 17.2. The molecular weight excluding hydrogens is 450 g/mol. The number of ether oxygens (including phenoxy) is 2. The first-order valence-corrected chi connectivity index (χ1v) is 11.2. The molecule has 1 aromatic heterocycles. The van der Waals surface area contributed by atoms with Gasteiger partial charge in [0.15, 0.2) is 16.6 Å². The molecule has 2 N–H and O–H groups in total. The van der Waals surface area contributed by atoms with E-state index in [0.717, 1.165) is 23.2 Å². The molecule has 3 aromatic rings. The maximum Gasteiger partial charge on any atom is 0.250 e. The average Bonchev–Trinajstić information content (AvgIpc) is 3.08. The fourth-order valence-electron chi connectivity index (χ4n) is 3.06. The van der Waals surface area contributed by atoms with Crippen LogP contribution in [0.2, 0.25) is 5.02 Å². The second-order valence-electron chi connectivity index (χ2n) is 7.00. The zero-order chi connectivity index (χ0) is 22.5. The molecule has 4 rings (SSSR count). The van der Waals surface area contributed by atoms with Gasteiger partial charge in [-0.3, -0.25) is 14.9 Å². The molecule has 1 aliphatic heterocycles. The van der Waals surface area contributed by atoms with Gasteiger partial charge in [-0.1, -0.05) is 23.7 Å². The van der Waals surface area contributed by atoms with E-state index >= 15 is 0 Å². The Bertz CT molecular complexity index is 1170. The van der Waals surface area contributed by atoms with E-state index < -0.39 is 0 Å². The van der Waals surface area contributed by atoms with Gasteiger partial charge < -0.3 is 14.8 Å². The number of anilines is 2. The van der Waals surface area contributed by atoms with Crippen LogP contribution in [0, 0.1) is 0 Å². The summed E-state index contributed by atoms with van der Waals surface area (Å²) in [5.74, 6) is 0.670. The van der Waals surface area contributed by atoms with Crippen LogP contribution in [0.5, 0.6) is 11.5 Å². The van der Waals surface area contributed by atoms with E-state index in [-0.39, 0.29) is 11.8 Å². The first-order chi connectivity index (χ1) is 15.5. The van der Waals surface area contributed by atoms with Crippen LogP contribution in [0.3, 0.4) is 0 Å². The highest BCUT2D eigenvalue weighted by Crippen LogP contribution is 2.38. The molecule has 0 saturated heterocycles. The maximum absolute atomic E-state index is 12.3. The van der Waals surface area contributed by atoms with Crippen molar-refractivity contribution in [3.05, 3.63) is 58.4 Å². The molecule has 2 amide bonds. The molecule has 0 saturated carbocycles. The summed E-state index contributed by atoms with van der Waals surface area (Å²) in [6, 6.07) is 10.8. The number of fused-ring (bicyclic) bond motifs is 1. The number of nitrogens with zero attached hydrogens (tertiary/aromatic N) is 1. The van der Waals surface area contributed by atoms with Crippen LogP contribution in [0.1, 0.15) is 18.9 Å². The lowest BCUT2D eigenvalue weighted by Gasteiger charge is -2.09. The number of nitrogens with one attached hydrogen (secondary N) is 2. The molecular formula is C23H20ClN3O4S. The number of hydrogen-bond acceptors (Lipinski definition) is 6. The van der Waals surface area contributed by atoms with Crippen LogP contribution >= 0.6 is 22.9 Å². The summed E-state index contributed by atoms with van der Waals surface area (Å²) in [6.45, 7) is 2.57. The van der Waals surface area contributed by atoms with Gasteiger partial charge in [0, 0.05) is 36.1 Å². The molecule has 2 aromatic carbocycles. The first-order valence-electron chi connectivity index (χ1n) is 9.90. The van der Waals surface area contributed by atoms with E-state index in [1.807, 2.05) is 17.5 Å². The third kappa shape index (κ3) is 5.46. The fraction of sp³-hybridized carbons (Fsp3) is 0.174. The minimum absolute atomic E-state index is 0.126. The van der Waals surface area contributed by atoms with Crippen molar-refractivity contribution in [1.82, 2.24) is 4.98 Å². The van der Waals surface area contributed by atoms with Crippen molar-refractivity contribution in [2.24, 2.45) is 0 Å². The molecule has 0 fully saturated rings. The molecule has 9 heteroatoms. The molecule has 0 spiro atoms. The van der Waals surface area contributed by atoms with E-state index in [1.54, 1.807) is 30.3 Å². The molecule has 0 bridgehead atoms. The highest BCUT2D eigenvalue weighted by atomic mass is 35.5. The van der Waals surface area contributed by atoms with Gasteiger partial charge in [0.05, 0.1) is 23.9 Å². The Hall–Kier alpha value is -3.36. The van der Waals surface area contributed by atoms with Crippen LogP contribution in [0.15, 0.2) is 47.9 Å². The number of aromatic nitrogens is 1. The third-order valence-corrected chi connectivity index (χ3v) is 5.53. The smallest absolute Gasteiger partial charge is 0.250 e. The van der Waals surface area contributed by atoms with Crippen molar-refractivity contribution < 1.29 is 19.1 Å². The Morgan fingerprint density at radius 3 is 2.69 bits per heavy atom. The largest absolute Gasteiger partial charge is 0.489 e. The van der Waals surface area contributed by atoms with Gasteiger partial charge in [0.2, 0.25) is 11.8 Å². The molecule has 0 unspecified atom stereocenters. The van der Waals surface area contributed by atoms with E-state index in [9.17, 15) is 9.59 Å². The van der Waals surface area contributed by atoms with Crippen molar-refractivity contribution in [3.8, 4) is 22.8 Å². The number of carbonyl (C=O) groups is 2. The van der Waals surface area contributed by atoms with Crippen LogP contribution in [0.25, 0.3) is 17.3 Å². The van der Waals surface area contributed by atoms with Crippen molar-refractivity contribution in [1.29, 1.82) is 0 Å². The van der Waals surface area contributed by atoms with Gasteiger partial charge in [-0.15, -0.1) is 11.3 Å². The second-order valence-corrected chi connectivity index (χ2v) is 8.26. The van der Waals surface area contributed by atoms with Gasteiger partial charge in [-0.25, -0.2) is 4.98 Å². The number of carbonyl (C=O) groups excluding carboxylic acids is 2. The van der Waals surface area contributed by atoms with E-state index in [4.69, 9.17) is 21.1 Å². The predicted octanol–water partition coefficient (Wildman–Crippen LogP) is 5.24. The number of hydrogen-bond donors (Lipinski definition) is 2.